The lowest BCUT2D eigenvalue weighted by Gasteiger charge is -2.39. The molecule has 58 heavy (non-hydrogen) atoms. The minimum Gasteiger partial charge on any atom is -0.324 e. The summed E-state index contributed by atoms with van der Waals surface area (Å²) in [4.78, 5) is 10.1. The summed E-state index contributed by atoms with van der Waals surface area (Å²) in [7, 11) is 0. The second-order valence-corrected chi connectivity index (χ2v) is 14.8. The second-order valence-electron chi connectivity index (χ2n) is 14.8. The molecule has 1 fully saturated rings. The van der Waals surface area contributed by atoms with Gasteiger partial charge in [-0.3, -0.25) is 16.0 Å². The molecule has 4 N–H and O–H groups in total. The molecule has 2 aliphatic rings. The smallest absolute Gasteiger partial charge is 0.169 e. The molecule has 6 heteroatoms. The fourth-order valence-corrected chi connectivity index (χ4v) is 8.09. The van der Waals surface area contributed by atoms with Crippen molar-refractivity contribution in [3.63, 3.8) is 0 Å². The summed E-state index contributed by atoms with van der Waals surface area (Å²) in [5, 5.41) is 17.3. The molecule has 2 atom stereocenters. The second kappa shape index (κ2) is 15.9. The predicted molar refractivity (Wildman–Crippen MR) is 237 cm³/mol. The van der Waals surface area contributed by atoms with Crippen LogP contribution in [0.15, 0.2) is 216 Å². The molecule has 2 unspecified atom stereocenters. The molecule has 8 aromatic carbocycles. The largest absolute Gasteiger partial charge is 0.324 e. The van der Waals surface area contributed by atoms with Crippen molar-refractivity contribution in [2.45, 2.75) is 24.7 Å². The van der Waals surface area contributed by atoms with E-state index in [1.807, 2.05) is 36.4 Å². The van der Waals surface area contributed by atoms with Gasteiger partial charge in [-0.1, -0.05) is 206 Å². The third-order valence-electron chi connectivity index (χ3n) is 11.1. The molecule has 2 aliphatic heterocycles. The molecule has 6 nitrogen and oxygen atoms in total. The van der Waals surface area contributed by atoms with E-state index in [0.29, 0.717) is 0 Å². The number of amidine groups is 2. The van der Waals surface area contributed by atoms with Gasteiger partial charge in [0.1, 0.15) is 11.7 Å². The van der Waals surface area contributed by atoms with E-state index in [9.17, 15) is 0 Å². The molecular weight excluding hydrogens is 709 g/mol. The van der Waals surface area contributed by atoms with Crippen LogP contribution in [0.4, 0.5) is 0 Å². The van der Waals surface area contributed by atoms with Gasteiger partial charge in [-0.05, 0) is 55.3 Å². The molecule has 0 aliphatic carbocycles. The van der Waals surface area contributed by atoms with Crippen LogP contribution in [0.5, 0.6) is 0 Å². The Bertz CT molecular complexity index is 2610. The fraction of sp³-hybridized carbons (Fsp3) is 0.0769. The van der Waals surface area contributed by atoms with E-state index in [0.717, 1.165) is 33.9 Å². The van der Waals surface area contributed by atoms with Crippen LogP contribution < -0.4 is 21.3 Å². The summed E-state index contributed by atoms with van der Waals surface area (Å²) in [5.74, 6) is 1.63. The van der Waals surface area contributed by atoms with E-state index in [-0.39, 0.29) is 24.7 Å². The first-order chi connectivity index (χ1) is 28.7. The van der Waals surface area contributed by atoms with Crippen LogP contribution >= 0.6 is 0 Å². The van der Waals surface area contributed by atoms with Crippen molar-refractivity contribution in [1.82, 2.24) is 21.3 Å². The van der Waals surface area contributed by atoms with Crippen molar-refractivity contribution < 1.29 is 0 Å². The number of hydrogen-bond donors (Lipinski definition) is 4. The number of nitrogens with one attached hydrogen (secondary N) is 4. The first kappa shape index (κ1) is 35.5. The van der Waals surface area contributed by atoms with Gasteiger partial charge < -0.3 is 5.32 Å². The van der Waals surface area contributed by atoms with Gasteiger partial charge in [-0.15, -0.1) is 0 Å². The van der Waals surface area contributed by atoms with Gasteiger partial charge in [-0.25, -0.2) is 9.98 Å². The van der Waals surface area contributed by atoms with Gasteiger partial charge in [-0.2, -0.15) is 0 Å². The number of nitrogens with zero attached hydrogens (tertiary/aromatic N) is 2. The molecule has 0 aromatic heterocycles. The Morgan fingerprint density at radius 3 is 1.05 bits per heavy atom. The summed E-state index contributed by atoms with van der Waals surface area (Å²) in [6.45, 7) is 0. The first-order valence-electron chi connectivity index (χ1n) is 19.9. The molecule has 0 saturated carbocycles. The van der Waals surface area contributed by atoms with E-state index >= 15 is 0 Å². The third kappa shape index (κ3) is 7.24. The topological polar surface area (TPSA) is 72.8 Å². The van der Waals surface area contributed by atoms with E-state index in [1.165, 1.54) is 44.2 Å². The van der Waals surface area contributed by atoms with E-state index in [1.54, 1.807) is 0 Å². The molecule has 0 spiro atoms. The van der Waals surface area contributed by atoms with Crippen LogP contribution in [0.1, 0.15) is 58.0 Å². The zero-order valence-corrected chi connectivity index (χ0v) is 31.8. The quantitative estimate of drug-likeness (QED) is 0.125. The molecule has 8 aromatic rings. The molecule has 280 valence electrons. The highest BCUT2D eigenvalue weighted by atomic mass is 15.4. The van der Waals surface area contributed by atoms with Gasteiger partial charge in [0.15, 0.2) is 6.17 Å². The van der Waals surface area contributed by atoms with Crippen LogP contribution in [-0.2, 0) is 0 Å². The summed E-state index contributed by atoms with van der Waals surface area (Å²) in [6, 6.07) is 72.6. The lowest BCUT2D eigenvalue weighted by Crippen LogP contribution is -2.54. The molecule has 0 amide bonds. The fourth-order valence-electron chi connectivity index (χ4n) is 8.09. The molecular formula is C52H42N6. The van der Waals surface area contributed by atoms with Gasteiger partial charge >= 0.3 is 0 Å². The Morgan fingerprint density at radius 1 is 0.293 bits per heavy atom. The molecule has 0 bridgehead atoms. The van der Waals surface area contributed by atoms with Gasteiger partial charge in [0.25, 0.3) is 0 Å². The van der Waals surface area contributed by atoms with Crippen molar-refractivity contribution in [1.29, 1.82) is 0 Å². The number of fused-ring (bicyclic) bond motifs is 1. The Hall–Kier alpha value is -6.96. The highest BCUT2D eigenvalue weighted by Crippen LogP contribution is 2.37. The normalized spacial score (nSPS) is 18.2. The predicted octanol–water partition coefficient (Wildman–Crippen LogP) is 10.8. The zero-order chi connectivity index (χ0) is 38.7. The van der Waals surface area contributed by atoms with Gasteiger partial charge in [0, 0.05) is 11.1 Å². The summed E-state index contributed by atoms with van der Waals surface area (Å²) in [6.07, 6.45) is -0.446. The van der Waals surface area contributed by atoms with Crippen LogP contribution in [0.3, 0.4) is 0 Å². The van der Waals surface area contributed by atoms with E-state index < -0.39 is 0 Å². The molecule has 1 saturated heterocycles. The summed E-state index contributed by atoms with van der Waals surface area (Å²) in [5.41, 5.74) is 11.4. The number of benzene rings is 8. The molecule has 10 rings (SSSR count). The monoisotopic (exact) mass is 750 g/mol. The Kier molecular flexibility index (Phi) is 9.71. The lowest BCUT2D eigenvalue weighted by molar-refractivity contribution is 0.203. The minimum absolute atomic E-state index is 0.0125. The van der Waals surface area contributed by atoms with Crippen molar-refractivity contribution in [3.05, 3.63) is 240 Å². The van der Waals surface area contributed by atoms with Gasteiger partial charge in [0.05, 0.1) is 18.5 Å². The van der Waals surface area contributed by atoms with Crippen LogP contribution in [-0.4, -0.2) is 11.7 Å². The maximum Gasteiger partial charge on any atom is 0.169 e. The van der Waals surface area contributed by atoms with Gasteiger partial charge in [0.2, 0.25) is 0 Å². The van der Waals surface area contributed by atoms with Crippen LogP contribution in [0.25, 0.3) is 33.0 Å². The summed E-state index contributed by atoms with van der Waals surface area (Å²) < 4.78 is 0. The maximum atomic E-state index is 5.07. The van der Waals surface area contributed by atoms with Crippen LogP contribution in [0, 0.1) is 0 Å². The highest BCUT2D eigenvalue weighted by molar-refractivity contribution is 6.15. The van der Waals surface area contributed by atoms with E-state index in [4.69, 9.17) is 9.98 Å². The van der Waals surface area contributed by atoms with Crippen molar-refractivity contribution in [2.75, 3.05) is 0 Å². The molecule has 2 heterocycles. The van der Waals surface area contributed by atoms with Crippen LogP contribution in [0.2, 0.25) is 0 Å². The standard InChI is InChI=1S/C52H42N6/c1-5-15-37(16-6-1)47-53-48(38-17-7-2-8-18-38)56-51(55-47)41-29-25-35(26-30-41)43-33-34-44(46-24-14-13-23-45(43)46)36-27-31-42(32-28-36)52-57-49(39-19-9-3-10-20-39)54-50(58-52)40-21-11-4-12-22-40/h1-34,47-48,51-53,55-56H,(H,54,57,58). The van der Waals surface area contributed by atoms with Crippen molar-refractivity contribution in [2.24, 2.45) is 9.98 Å². The Balaban J connectivity index is 0.934. The maximum absolute atomic E-state index is 5.07. The minimum atomic E-state index is -0.369. The Labute approximate surface area is 339 Å². The van der Waals surface area contributed by atoms with E-state index in [2.05, 4.69) is 191 Å². The third-order valence-corrected chi connectivity index (χ3v) is 11.1. The number of rotatable bonds is 8. The highest BCUT2D eigenvalue weighted by Gasteiger charge is 2.29. The SMILES string of the molecule is c1ccc(C2=NC(c3ccc(-c4ccc(-c5ccc(C6NC(c7ccccc7)NC(c7ccccc7)N6)cc5)c5ccccc45)cc3)N=C(c3ccccc3)N2)cc1. The average molecular weight is 751 g/mol. The first-order valence-corrected chi connectivity index (χ1v) is 19.9. The lowest BCUT2D eigenvalue weighted by atomic mass is 9.91. The average Bonchev–Trinajstić information content (AvgIpc) is 3.32. The van der Waals surface area contributed by atoms with Crippen molar-refractivity contribution in [3.8, 4) is 22.3 Å². The number of hydrogen-bond acceptors (Lipinski definition) is 6. The Morgan fingerprint density at radius 2 is 0.638 bits per heavy atom. The molecule has 0 radical (unpaired) electrons. The summed E-state index contributed by atoms with van der Waals surface area (Å²) >= 11 is 0. The van der Waals surface area contributed by atoms with Crippen molar-refractivity contribution >= 4 is 22.4 Å². The number of aliphatic imine (C=N–C) groups is 2. The zero-order valence-electron chi connectivity index (χ0n) is 31.8.